The predicted octanol–water partition coefficient (Wildman–Crippen LogP) is 3.09. The van der Waals surface area contributed by atoms with Crippen molar-refractivity contribution in [3.05, 3.63) is 54.4 Å². The number of nitrogens with zero attached hydrogens (tertiary/aromatic N) is 5. The van der Waals surface area contributed by atoms with Crippen molar-refractivity contribution in [1.82, 2.24) is 24.8 Å². The second kappa shape index (κ2) is 12.2. The number of likely N-dealkylation sites (N-methyl/N-ethyl adjacent to an activating group) is 1. The summed E-state index contributed by atoms with van der Waals surface area (Å²) in [5.74, 6) is 0.296. The molecule has 2 aromatic carbocycles. The van der Waals surface area contributed by atoms with Gasteiger partial charge in [-0.05, 0) is 36.2 Å². The molecule has 0 spiro atoms. The van der Waals surface area contributed by atoms with Gasteiger partial charge in [0.05, 0.1) is 38.1 Å². The van der Waals surface area contributed by atoms with Gasteiger partial charge in [-0.2, -0.15) is 0 Å². The highest BCUT2D eigenvalue weighted by molar-refractivity contribution is 5.84. The quantitative estimate of drug-likeness (QED) is 0.563. The molecule has 3 aromatic rings. The molecule has 1 aromatic heterocycles. The molecule has 3 atom stereocenters. The molecule has 2 bridgehead atoms. The Balaban J connectivity index is 1.48. The number of aryl methyl sites for hydroxylation is 1. The van der Waals surface area contributed by atoms with Crippen molar-refractivity contribution in [2.45, 2.75) is 52.0 Å². The summed E-state index contributed by atoms with van der Waals surface area (Å²) < 4.78 is 13.6. The molecule has 10 nitrogen and oxygen atoms in total. The van der Waals surface area contributed by atoms with E-state index >= 15 is 0 Å². The molecule has 2 amide bonds. The van der Waals surface area contributed by atoms with Crippen molar-refractivity contribution in [1.29, 1.82) is 0 Å². The Bertz CT molecular complexity index is 1210. The van der Waals surface area contributed by atoms with Gasteiger partial charge in [0.15, 0.2) is 0 Å². The summed E-state index contributed by atoms with van der Waals surface area (Å²) in [7, 11) is 1.66. The highest BCUT2D eigenvalue weighted by atomic mass is 16.6. The van der Waals surface area contributed by atoms with Gasteiger partial charge in [0.1, 0.15) is 11.4 Å². The molecule has 0 saturated heterocycles. The Morgan fingerprint density at radius 2 is 2.05 bits per heavy atom. The summed E-state index contributed by atoms with van der Waals surface area (Å²) in [6.07, 6.45) is 1.86. The van der Waals surface area contributed by atoms with Gasteiger partial charge in [0.2, 0.25) is 5.91 Å². The Hall–Kier alpha value is -3.50. The number of aliphatic hydroxyl groups is 1. The highest BCUT2D eigenvalue weighted by Gasteiger charge is 2.29. The average Bonchev–Trinajstić information content (AvgIpc) is 3.36. The van der Waals surface area contributed by atoms with Gasteiger partial charge in [-0.25, -0.2) is 4.79 Å². The molecule has 0 radical (unpaired) electrons. The average molecular weight is 510 g/mol. The van der Waals surface area contributed by atoms with E-state index in [1.54, 1.807) is 22.7 Å². The Kier molecular flexibility index (Phi) is 8.73. The number of carbonyl (C=O) groups is 2. The number of amides is 2. The number of aliphatic hydroxyl groups excluding tert-OH is 1. The van der Waals surface area contributed by atoms with Gasteiger partial charge in [-0.15, -0.1) is 5.10 Å². The van der Waals surface area contributed by atoms with E-state index in [9.17, 15) is 14.7 Å². The smallest absolute Gasteiger partial charge is 0.410 e. The third kappa shape index (κ3) is 6.84. The van der Waals surface area contributed by atoms with E-state index in [1.165, 1.54) is 4.90 Å². The summed E-state index contributed by atoms with van der Waals surface area (Å²) in [5.41, 5.74) is 0.685. The monoisotopic (exact) mass is 509 g/mol. The third-order valence-electron chi connectivity index (χ3n) is 6.74. The van der Waals surface area contributed by atoms with E-state index < -0.39 is 12.2 Å². The number of fused-ring (bicyclic) bond motifs is 3. The van der Waals surface area contributed by atoms with Crippen LogP contribution in [0, 0.1) is 5.92 Å². The number of aromatic nitrogens is 3. The molecule has 0 unspecified atom stereocenters. The van der Waals surface area contributed by atoms with E-state index in [-0.39, 0.29) is 37.6 Å². The van der Waals surface area contributed by atoms with E-state index in [0.717, 1.165) is 10.8 Å². The highest BCUT2D eigenvalue weighted by Crippen LogP contribution is 2.22. The minimum Gasteiger partial charge on any atom is -0.410 e. The van der Waals surface area contributed by atoms with Gasteiger partial charge in [0, 0.05) is 32.5 Å². The molecule has 0 saturated carbocycles. The molecule has 4 rings (SSSR count). The zero-order valence-corrected chi connectivity index (χ0v) is 21.6. The standard InChI is InChI=1S/C27H35N5O5/c1-19-14-32(20(2)17-33)26(34)9-6-12-31-15-23(28-29-31)18-36-25(19)16-30(3)27(35)37-24-11-10-21-7-4-5-8-22(21)13-24/h4-5,7-8,10-11,13,15,19-20,25,33H,6,9,12,14,16-18H2,1-3H3/t19-,20+,25-/m1/s1. The summed E-state index contributed by atoms with van der Waals surface area (Å²) in [6, 6.07) is 13.1. The zero-order valence-electron chi connectivity index (χ0n) is 21.6. The zero-order chi connectivity index (χ0) is 26.4. The van der Waals surface area contributed by atoms with Crippen LogP contribution >= 0.6 is 0 Å². The summed E-state index contributed by atoms with van der Waals surface area (Å²) >= 11 is 0. The van der Waals surface area contributed by atoms with Crippen LogP contribution in [-0.2, 0) is 22.7 Å². The maximum Gasteiger partial charge on any atom is 0.415 e. The van der Waals surface area contributed by atoms with Crippen molar-refractivity contribution < 1.29 is 24.2 Å². The van der Waals surface area contributed by atoms with Gasteiger partial charge >= 0.3 is 6.09 Å². The maximum absolute atomic E-state index is 13.0. The second-order valence-corrected chi connectivity index (χ2v) is 9.74. The first-order valence-corrected chi connectivity index (χ1v) is 12.7. The lowest BCUT2D eigenvalue weighted by molar-refractivity contribution is -0.136. The van der Waals surface area contributed by atoms with Crippen LogP contribution in [0.3, 0.4) is 0 Å². The van der Waals surface area contributed by atoms with Gasteiger partial charge in [0.25, 0.3) is 0 Å². The Morgan fingerprint density at radius 1 is 1.27 bits per heavy atom. The molecule has 10 heteroatoms. The number of hydrogen-bond acceptors (Lipinski definition) is 7. The lowest BCUT2D eigenvalue weighted by Gasteiger charge is -2.35. The van der Waals surface area contributed by atoms with Crippen molar-refractivity contribution in [2.24, 2.45) is 5.92 Å². The summed E-state index contributed by atoms with van der Waals surface area (Å²) in [6.45, 7) is 5.12. The molecular formula is C27H35N5O5. The van der Waals surface area contributed by atoms with E-state index in [2.05, 4.69) is 10.3 Å². The van der Waals surface area contributed by atoms with Crippen LogP contribution in [0.1, 0.15) is 32.4 Å². The van der Waals surface area contributed by atoms with Crippen molar-refractivity contribution in [3.63, 3.8) is 0 Å². The first-order chi connectivity index (χ1) is 17.8. The second-order valence-electron chi connectivity index (χ2n) is 9.74. The maximum atomic E-state index is 13.0. The van der Waals surface area contributed by atoms with E-state index in [1.807, 2.05) is 56.4 Å². The lowest BCUT2D eigenvalue weighted by Crippen LogP contribution is -2.48. The van der Waals surface area contributed by atoms with Crippen LogP contribution in [0.25, 0.3) is 10.8 Å². The summed E-state index contributed by atoms with van der Waals surface area (Å²) in [5, 5.41) is 20.1. The Morgan fingerprint density at radius 3 is 2.84 bits per heavy atom. The van der Waals surface area contributed by atoms with E-state index in [0.29, 0.717) is 37.4 Å². The minimum atomic E-state index is -0.503. The molecule has 1 N–H and O–H groups in total. The molecule has 1 aliphatic heterocycles. The van der Waals surface area contributed by atoms with Crippen molar-refractivity contribution >= 4 is 22.8 Å². The topological polar surface area (TPSA) is 110 Å². The molecule has 37 heavy (non-hydrogen) atoms. The number of rotatable bonds is 5. The third-order valence-corrected chi connectivity index (χ3v) is 6.74. The molecule has 2 heterocycles. The fraction of sp³-hybridized carbons (Fsp3) is 0.481. The normalized spacial score (nSPS) is 20.0. The molecule has 198 valence electrons. The minimum absolute atomic E-state index is 0.0317. The number of benzene rings is 2. The van der Waals surface area contributed by atoms with Crippen LogP contribution < -0.4 is 4.74 Å². The van der Waals surface area contributed by atoms with Crippen LogP contribution in [0.2, 0.25) is 0 Å². The van der Waals surface area contributed by atoms with Crippen LogP contribution in [0.15, 0.2) is 48.7 Å². The van der Waals surface area contributed by atoms with Crippen LogP contribution in [0.4, 0.5) is 4.79 Å². The SMILES string of the molecule is C[C@@H]1CN([C@@H](C)CO)C(=O)CCCn2cc(nn2)CO[C@@H]1CN(C)C(=O)Oc1ccc2ccccc2c1. The number of ether oxygens (including phenoxy) is 2. The first kappa shape index (κ1) is 26.6. The molecule has 1 aliphatic rings. The van der Waals surface area contributed by atoms with E-state index in [4.69, 9.17) is 9.47 Å². The molecule has 0 fully saturated rings. The van der Waals surface area contributed by atoms with Crippen molar-refractivity contribution in [3.8, 4) is 5.75 Å². The van der Waals surface area contributed by atoms with Gasteiger partial charge in [-0.1, -0.05) is 42.5 Å². The van der Waals surface area contributed by atoms with Crippen LogP contribution in [0.5, 0.6) is 5.75 Å². The lowest BCUT2D eigenvalue weighted by atomic mass is 10.0. The summed E-state index contributed by atoms with van der Waals surface area (Å²) in [4.78, 5) is 29.1. The largest absolute Gasteiger partial charge is 0.415 e. The molecule has 0 aliphatic carbocycles. The number of hydrogen-bond donors (Lipinski definition) is 1. The fourth-order valence-electron chi connectivity index (χ4n) is 4.45. The van der Waals surface area contributed by atoms with Gasteiger partial charge < -0.3 is 24.4 Å². The Labute approximate surface area is 216 Å². The first-order valence-electron chi connectivity index (χ1n) is 12.7. The van der Waals surface area contributed by atoms with Crippen molar-refractivity contribution in [2.75, 3.05) is 26.7 Å². The molecular weight excluding hydrogens is 474 g/mol. The van der Waals surface area contributed by atoms with Crippen LogP contribution in [-0.4, -0.2) is 80.8 Å². The number of carbonyl (C=O) groups excluding carboxylic acids is 2. The fourth-order valence-corrected chi connectivity index (χ4v) is 4.45. The van der Waals surface area contributed by atoms with Gasteiger partial charge in [-0.3, -0.25) is 9.48 Å². The predicted molar refractivity (Wildman–Crippen MR) is 138 cm³/mol.